The highest BCUT2D eigenvalue weighted by atomic mass is 16.2. The van der Waals surface area contributed by atoms with Gasteiger partial charge < -0.3 is 10.2 Å². The molecule has 1 atom stereocenters. The van der Waals surface area contributed by atoms with E-state index in [1.54, 1.807) is 0 Å². The van der Waals surface area contributed by atoms with E-state index in [9.17, 15) is 9.59 Å². The molecule has 1 aromatic carbocycles. The number of likely N-dealkylation sites (N-methyl/N-ethyl adjacent to an activating group) is 1. The summed E-state index contributed by atoms with van der Waals surface area (Å²) in [6.45, 7) is 11.3. The Hall–Kier alpha value is -1.88. The molecule has 1 heterocycles. The van der Waals surface area contributed by atoms with E-state index in [4.69, 9.17) is 0 Å². The minimum absolute atomic E-state index is 0.125. The summed E-state index contributed by atoms with van der Waals surface area (Å²) in [5.41, 5.74) is -0.0714. The summed E-state index contributed by atoms with van der Waals surface area (Å²) in [6, 6.07) is 9.32. The summed E-state index contributed by atoms with van der Waals surface area (Å²) in [4.78, 5) is 29.3. The second-order valence-electron chi connectivity index (χ2n) is 6.78. The van der Waals surface area contributed by atoms with Crippen molar-refractivity contribution in [2.45, 2.75) is 39.7 Å². The first kappa shape index (κ1) is 18.5. The van der Waals surface area contributed by atoms with Crippen molar-refractivity contribution in [1.82, 2.24) is 15.1 Å². The number of nitrogens with one attached hydrogen (secondary N) is 1. The van der Waals surface area contributed by atoms with Crippen molar-refractivity contribution in [3.8, 4) is 0 Å². The van der Waals surface area contributed by atoms with Gasteiger partial charge in [0.2, 0.25) is 0 Å². The number of amides is 3. The van der Waals surface area contributed by atoms with E-state index in [2.05, 4.69) is 37.9 Å². The maximum atomic E-state index is 13.2. The molecule has 132 valence electrons. The van der Waals surface area contributed by atoms with E-state index in [0.29, 0.717) is 19.5 Å². The SMILES string of the molecule is CCN(CC)CCN1C(=O)NC(CC(C)C)(c2ccccc2)C1=O. The summed E-state index contributed by atoms with van der Waals surface area (Å²) in [6.07, 6.45) is 0.601. The number of imide groups is 1. The van der Waals surface area contributed by atoms with Crippen LogP contribution in [0.25, 0.3) is 0 Å². The lowest BCUT2D eigenvalue weighted by Crippen LogP contribution is -2.45. The molecule has 1 unspecified atom stereocenters. The van der Waals surface area contributed by atoms with E-state index in [1.165, 1.54) is 4.90 Å². The largest absolute Gasteiger partial charge is 0.325 e. The third-order valence-corrected chi connectivity index (χ3v) is 4.69. The lowest BCUT2D eigenvalue weighted by Gasteiger charge is -2.29. The van der Waals surface area contributed by atoms with Crippen molar-refractivity contribution < 1.29 is 9.59 Å². The molecule has 0 radical (unpaired) electrons. The molecule has 1 aliphatic rings. The number of hydrogen-bond acceptors (Lipinski definition) is 3. The van der Waals surface area contributed by atoms with Crippen LogP contribution in [-0.2, 0) is 10.3 Å². The molecule has 2 rings (SSSR count). The number of hydrogen-bond donors (Lipinski definition) is 1. The van der Waals surface area contributed by atoms with Crippen molar-refractivity contribution in [2.75, 3.05) is 26.2 Å². The first-order chi connectivity index (χ1) is 11.4. The Kier molecular flexibility index (Phi) is 5.99. The molecule has 3 amide bonds. The van der Waals surface area contributed by atoms with Crippen LogP contribution in [0, 0.1) is 5.92 Å². The van der Waals surface area contributed by atoms with Gasteiger partial charge in [-0.05, 0) is 31.0 Å². The smallest absolute Gasteiger partial charge is 0.319 e. The number of carbonyl (C=O) groups excluding carboxylic acids is 2. The molecule has 1 saturated heterocycles. The van der Waals surface area contributed by atoms with Crippen molar-refractivity contribution in [3.63, 3.8) is 0 Å². The Balaban J connectivity index is 2.27. The van der Waals surface area contributed by atoms with Gasteiger partial charge in [0.1, 0.15) is 5.54 Å². The standard InChI is InChI=1S/C19H29N3O2/c1-5-21(6-2)12-13-22-17(23)19(14-15(3)4,20-18(22)24)16-10-8-7-9-11-16/h7-11,15H,5-6,12-14H2,1-4H3,(H,20,24). The fourth-order valence-electron chi connectivity index (χ4n) is 3.40. The minimum Gasteiger partial charge on any atom is -0.319 e. The van der Waals surface area contributed by atoms with Crippen LogP contribution >= 0.6 is 0 Å². The van der Waals surface area contributed by atoms with Crippen molar-refractivity contribution in [1.29, 1.82) is 0 Å². The van der Waals surface area contributed by atoms with E-state index < -0.39 is 5.54 Å². The number of nitrogens with zero attached hydrogens (tertiary/aromatic N) is 2. The van der Waals surface area contributed by atoms with Gasteiger partial charge in [0.15, 0.2) is 0 Å². The summed E-state index contributed by atoms with van der Waals surface area (Å²) in [5, 5.41) is 2.99. The molecule has 24 heavy (non-hydrogen) atoms. The average molecular weight is 331 g/mol. The van der Waals surface area contributed by atoms with Crippen LogP contribution in [0.2, 0.25) is 0 Å². The zero-order valence-electron chi connectivity index (χ0n) is 15.2. The van der Waals surface area contributed by atoms with Crippen LogP contribution in [-0.4, -0.2) is 47.9 Å². The molecule has 0 aromatic heterocycles. The molecule has 0 aliphatic carbocycles. The molecular formula is C19H29N3O2. The molecule has 1 aliphatic heterocycles. The maximum Gasteiger partial charge on any atom is 0.325 e. The van der Waals surface area contributed by atoms with E-state index in [1.807, 2.05) is 30.3 Å². The predicted molar refractivity (Wildman–Crippen MR) is 95.6 cm³/mol. The molecule has 0 saturated carbocycles. The number of urea groups is 1. The van der Waals surface area contributed by atoms with Crippen LogP contribution in [0.5, 0.6) is 0 Å². The van der Waals surface area contributed by atoms with Crippen molar-refractivity contribution in [3.05, 3.63) is 35.9 Å². The molecule has 1 N–H and O–H groups in total. The normalized spacial score (nSPS) is 21.0. The molecule has 1 aromatic rings. The molecule has 0 spiro atoms. The summed E-state index contributed by atoms with van der Waals surface area (Å²) in [7, 11) is 0. The predicted octanol–water partition coefficient (Wildman–Crippen LogP) is 2.82. The molecular weight excluding hydrogens is 302 g/mol. The third-order valence-electron chi connectivity index (χ3n) is 4.69. The van der Waals surface area contributed by atoms with Gasteiger partial charge in [-0.2, -0.15) is 0 Å². The Bertz CT molecular complexity index is 569. The average Bonchev–Trinajstić information content (AvgIpc) is 2.80. The van der Waals surface area contributed by atoms with Crippen LogP contribution in [0.4, 0.5) is 4.79 Å². The zero-order chi connectivity index (χ0) is 17.7. The Morgan fingerprint density at radius 2 is 1.75 bits per heavy atom. The maximum absolute atomic E-state index is 13.2. The van der Waals surface area contributed by atoms with Crippen LogP contribution in [0.1, 0.15) is 39.7 Å². The fourth-order valence-corrected chi connectivity index (χ4v) is 3.40. The first-order valence-electron chi connectivity index (χ1n) is 8.86. The molecule has 5 heteroatoms. The Morgan fingerprint density at radius 1 is 1.12 bits per heavy atom. The van der Waals surface area contributed by atoms with Gasteiger partial charge in [0.25, 0.3) is 5.91 Å². The zero-order valence-corrected chi connectivity index (χ0v) is 15.2. The summed E-state index contributed by atoms with van der Waals surface area (Å²) < 4.78 is 0. The lowest BCUT2D eigenvalue weighted by molar-refractivity contribution is -0.132. The quantitative estimate of drug-likeness (QED) is 0.745. The number of benzene rings is 1. The number of carbonyl (C=O) groups is 2. The Morgan fingerprint density at radius 3 is 2.29 bits per heavy atom. The molecule has 1 fully saturated rings. The van der Waals surface area contributed by atoms with Crippen molar-refractivity contribution >= 4 is 11.9 Å². The van der Waals surface area contributed by atoms with Crippen molar-refractivity contribution in [2.24, 2.45) is 5.92 Å². The highest BCUT2D eigenvalue weighted by Crippen LogP contribution is 2.35. The van der Waals surface area contributed by atoms with E-state index >= 15 is 0 Å². The van der Waals surface area contributed by atoms with Crippen LogP contribution in [0.15, 0.2) is 30.3 Å². The minimum atomic E-state index is -0.935. The monoisotopic (exact) mass is 331 g/mol. The molecule has 0 bridgehead atoms. The summed E-state index contributed by atoms with van der Waals surface area (Å²) in [5.74, 6) is 0.164. The second-order valence-corrected chi connectivity index (χ2v) is 6.78. The lowest BCUT2D eigenvalue weighted by atomic mass is 9.82. The fraction of sp³-hybridized carbons (Fsp3) is 0.579. The van der Waals surface area contributed by atoms with Crippen LogP contribution in [0.3, 0.4) is 0 Å². The van der Waals surface area contributed by atoms with Gasteiger partial charge in [-0.25, -0.2) is 4.79 Å². The highest BCUT2D eigenvalue weighted by molar-refractivity contribution is 6.07. The Labute approximate surface area is 145 Å². The topological polar surface area (TPSA) is 52.6 Å². The second kappa shape index (κ2) is 7.79. The molecule has 5 nitrogen and oxygen atoms in total. The highest BCUT2D eigenvalue weighted by Gasteiger charge is 2.52. The first-order valence-corrected chi connectivity index (χ1v) is 8.86. The summed E-state index contributed by atoms with van der Waals surface area (Å²) >= 11 is 0. The van der Waals surface area contributed by atoms with Gasteiger partial charge in [-0.3, -0.25) is 9.69 Å². The van der Waals surface area contributed by atoms with Gasteiger partial charge in [0, 0.05) is 13.1 Å². The van der Waals surface area contributed by atoms with Gasteiger partial charge in [0.05, 0.1) is 0 Å². The van der Waals surface area contributed by atoms with Gasteiger partial charge in [-0.1, -0.05) is 58.0 Å². The van der Waals surface area contributed by atoms with Gasteiger partial charge in [-0.15, -0.1) is 0 Å². The van der Waals surface area contributed by atoms with Crippen LogP contribution < -0.4 is 5.32 Å². The number of rotatable bonds is 8. The third kappa shape index (κ3) is 3.61. The van der Waals surface area contributed by atoms with E-state index in [-0.39, 0.29) is 17.9 Å². The van der Waals surface area contributed by atoms with E-state index in [0.717, 1.165) is 18.7 Å². The van der Waals surface area contributed by atoms with Gasteiger partial charge >= 0.3 is 6.03 Å².